The van der Waals surface area contributed by atoms with Crippen molar-refractivity contribution in [2.24, 2.45) is 0 Å². The summed E-state index contributed by atoms with van der Waals surface area (Å²) in [7, 11) is -2.37. The number of rotatable bonds is 8. The van der Waals surface area contributed by atoms with E-state index in [1.807, 2.05) is 6.92 Å². The molecule has 0 aliphatic heterocycles. The Morgan fingerprint density at radius 1 is 1.15 bits per heavy atom. The van der Waals surface area contributed by atoms with Crippen LogP contribution in [-0.4, -0.2) is 34.5 Å². The van der Waals surface area contributed by atoms with Gasteiger partial charge in [-0.2, -0.15) is 0 Å². The Morgan fingerprint density at radius 3 is 2.41 bits per heavy atom. The van der Waals surface area contributed by atoms with Crippen LogP contribution < -0.4 is 15.4 Å². The second kappa shape index (κ2) is 8.73. The molecule has 6 nitrogen and oxygen atoms in total. The molecule has 0 heterocycles. The van der Waals surface area contributed by atoms with Gasteiger partial charge in [-0.3, -0.25) is 4.79 Å². The van der Waals surface area contributed by atoms with Crippen LogP contribution in [0.3, 0.4) is 0 Å². The smallest absolute Gasteiger partial charge is 0.239 e. The molecule has 0 unspecified atom stereocenters. The summed E-state index contributed by atoms with van der Waals surface area (Å²) in [5.41, 5.74) is 2.14. The number of methoxy groups -OCH3 is 1. The Morgan fingerprint density at radius 2 is 1.81 bits per heavy atom. The monoisotopic (exact) mass is 388 g/mol. The molecule has 0 aliphatic rings. The van der Waals surface area contributed by atoms with Crippen LogP contribution in [0.15, 0.2) is 58.8 Å². The first-order chi connectivity index (χ1) is 12.8. The minimum Gasteiger partial charge on any atom is -0.493 e. The highest BCUT2D eigenvalue weighted by atomic mass is 32.2. The van der Waals surface area contributed by atoms with Gasteiger partial charge < -0.3 is 15.4 Å². The molecule has 0 spiro atoms. The fourth-order valence-corrected chi connectivity index (χ4v) is 4.08. The predicted molar refractivity (Wildman–Crippen MR) is 106 cm³/mol. The Bertz CT molecular complexity index is 935. The number of hydrogen-bond acceptors (Lipinski definition) is 5. The second-order valence-corrected chi connectivity index (χ2v) is 8.02. The number of amides is 1. The Balaban J connectivity index is 2.42. The van der Waals surface area contributed by atoms with Crippen molar-refractivity contribution in [2.75, 3.05) is 25.5 Å². The summed E-state index contributed by atoms with van der Waals surface area (Å²) in [5, 5.41) is 5.60. The number of carbonyl (C=O) groups excluding carboxylic acids is 1. The standard InChI is InChI=1S/C20H24N2O4S/c1-5-10-21-19(23)13-22-17-11-15(3)12-18(20(17)26-4)27(24,25)16-8-6-14(2)7-9-16/h5-9,11-12,22H,1,10,13H2,2-4H3,(H,21,23). The summed E-state index contributed by atoms with van der Waals surface area (Å²) in [4.78, 5) is 12.1. The lowest BCUT2D eigenvalue weighted by Gasteiger charge is -2.16. The van der Waals surface area contributed by atoms with Gasteiger partial charge in [-0.05, 0) is 43.7 Å². The topological polar surface area (TPSA) is 84.5 Å². The molecule has 0 radical (unpaired) electrons. The first kappa shape index (κ1) is 20.5. The molecule has 1 amide bonds. The van der Waals surface area contributed by atoms with Gasteiger partial charge in [-0.1, -0.05) is 23.8 Å². The summed E-state index contributed by atoms with van der Waals surface area (Å²) in [6, 6.07) is 9.95. The Labute approximate surface area is 160 Å². The number of aryl methyl sites for hydroxylation is 2. The van der Waals surface area contributed by atoms with Crippen LogP contribution in [0.4, 0.5) is 5.69 Å². The third-order valence-electron chi connectivity index (χ3n) is 3.91. The van der Waals surface area contributed by atoms with Gasteiger partial charge in [0.15, 0.2) is 5.75 Å². The van der Waals surface area contributed by atoms with Gasteiger partial charge in [-0.25, -0.2) is 8.42 Å². The SMILES string of the molecule is C=CCNC(=O)CNc1cc(C)cc(S(=O)(=O)c2ccc(C)cc2)c1OC. The molecule has 0 saturated heterocycles. The largest absolute Gasteiger partial charge is 0.493 e. The lowest BCUT2D eigenvalue weighted by atomic mass is 10.2. The summed E-state index contributed by atoms with van der Waals surface area (Å²) in [6.45, 7) is 7.56. The van der Waals surface area contributed by atoms with E-state index in [4.69, 9.17) is 4.74 Å². The normalized spacial score (nSPS) is 10.9. The zero-order valence-electron chi connectivity index (χ0n) is 15.7. The average Bonchev–Trinajstić information content (AvgIpc) is 2.64. The molecule has 144 valence electrons. The third kappa shape index (κ3) is 4.89. The molecule has 0 aromatic heterocycles. The van der Waals surface area contributed by atoms with E-state index in [-0.39, 0.29) is 28.0 Å². The highest BCUT2D eigenvalue weighted by Crippen LogP contribution is 2.36. The maximum Gasteiger partial charge on any atom is 0.239 e. The Kier molecular flexibility index (Phi) is 6.63. The van der Waals surface area contributed by atoms with E-state index in [0.717, 1.165) is 11.1 Å². The van der Waals surface area contributed by atoms with Crippen molar-refractivity contribution in [3.8, 4) is 5.75 Å². The van der Waals surface area contributed by atoms with Crippen LogP contribution in [0.2, 0.25) is 0 Å². The number of sulfone groups is 1. The fraction of sp³-hybridized carbons (Fsp3) is 0.250. The zero-order valence-corrected chi connectivity index (χ0v) is 16.5. The van der Waals surface area contributed by atoms with Gasteiger partial charge >= 0.3 is 0 Å². The molecule has 0 bridgehead atoms. The van der Waals surface area contributed by atoms with Gasteiger partial charge in [-0.15, -0.1) is 6.58 Å². The lowest BCUT2D eigenvalue weighted by molar-refractivity contribution is -0.119. The maximum atomic E-state index is 13.1. The van der Waals surface area contributed by atoms with Crippen LogP contribution in [0.1, 0.15) is 11.1 Å². The molecule has 27 heavy (non-hydrogen) atoms. The minimum absolute atomic E-state index is 0.0162. The number of carbonyl (C=O) groups is 1. The third-order valence-corrected chi connectivity index (χ3v) is 5.68. The minimum atomic E-state index is -3.78. The summed E-state index contributed by atoms with van der Waals surface area (Å²) in [5.74, 6) is -0.0564. The number of benzene rings is 2. The van der Waals surface area contributed by atoms with Gasteiger partial charge in [0, 0.05) is 6.54 Å². The van der Waals surface area contributed by atoms with E-state index >= 15 is 0 Å². The van der Waals surface area contributed by atoms with Crippen molar-refractivity contribution in [1.29, 1.82) is 0 Å². The van der Waals surface area contributed by atoms with E-state index in [9.17, 15) is 13.2 Å². The highest BCUT2D eigenvalue weighted by Gasteiger charge is 2.25. The molecule has 0 saturated carbocycles. The van der Waals surface area contributed by atoms with Crippen molar-refractivity contribution in [2.45, 2.75) is 23.6 Å². The van der Waals surface area contributed by atoms with E-state index in [2.05, 4.69) is 17.2 Å². The molecule has 0 fully saturated rings. The van der Waals surface area contributed by atoms with E-state index in [1.165, 1.54) is 7.11 Å². The van der Waals surface area contributed by atoms with Crippen LogP contribution in [0, 0.1) is 13.8 Å². The molecule has 2 aromatic rings. The molecule has 2 N–H and O–H groups in total. The summed E-state index contributed by atoms with van der Waals surface area (Å²) < 4.78 is 31.6. The predicted octanol–water partition coefficient (Wildman–Crippen LogP) is 2.86. The van der Waals surface area contributed by atoms with Crippen molar-refractivity contribution >= 4 is 21.4 Å². The maximum absolute atomic E-state index is 13.1. The molecule has 0 atom stereocenters. The molecular formula is C20H24N2O4S. The molecule has 0 aliphatic carbocycles. The fourth-order valence-electron chi connectivity index (χ4n) is 2.55. The first-order valence-electron chi connectivity index (χ1n) is 8.41. The van der Waals surface area contributed by atoms with E-state index in [1.54, 1.807) is 49.4 Å². The van der Waals surface area contributed by atoms with Crippen LogP contribution in [0.5, 0.6) is 5.75 Å². The van der Waals surface area contributed by atoms with Gasteiger partial charge in [0.25, 0.3) is 0 Å². The van der Waals surface area contributed by atoms with E-state index < -0.39 is 9.84 Å². The summed E-state index contributed by atoms with van der Waals surface area (Å²) >= 11 is 0. The number of hydrogen-bond donors (Lipinski definition) is 2. The number of nitrogens with one attached hydrogen (secondary N) is 2. The van der Waals surface area contributed by atoms with Crippen LogP contribution in [0.25, 0.3) is 0 Å². The molecule has 2 aromatic carbocycles. The number of anilines is 1. The van der Waals surface area contributed by atoms with E-state index in [0.29, 0.717) is 12.2 Å². The quantitative estimate of drug-likeness (QED) is 0.680. The van der Waals surface area contributed by atoms with Crippen molar-refractivity contribution in [3.63, 3.8) is 0 Å². The van der Waals surface area contributed by atoms with Gasteiger partial charge in [0.05, 0.1) is 24.2 Å². The van der Waals surface area contributed by atoms with Crippen molar-refractivity contribution in [1.82, 2.24) is 5.32 Å². The molecule has 2 rings (SSSR count). The van der Waals surface area contributed by atoms with Crippen molar-refractivity contribution < 1.29 is 17.9 Å². The van der Waals surface area contributed by atoms with Gasteiger partial charge in [0.1, 0.15) is 4.90 Å². The van der Waals surface area contributed by atoms with Crippen LogP contribution in [-0.2, 0) is 14.6 Å². The second-order valence-electron chi connectivity index (χ2n) is 6.11. The van der Waals surface area contributed by atoms with Crippen LogP contribution >= 0.6 is 0 Å². The molecule has 7 heteroatoms. The van der Waals surface area contributed by atoms with Crippen molar-refractivity contribution in [3.05, 3.63) is 60.2 Å². The van der Waals surface area contributed by atoms with Gasteiger partial charge in [0.2, 0.25) is 15.7 Å². The summed E-state index contributed by atoms with van der Waals surface area (Å²) in [6.07, 6.45) is 1.58. The number of ether oxygens (including phenoxy) is 1. The average molecular weight is 388 g/mol. The first-order valence-corrected chi connectivity index (χ1v) is 9.89. The zero-order chi connectivity index (χ0) is 20.0. The highest BCUT2D eigenvalue weighted by molar-refractivity contribution is 7.91. The molecular weight excluding hydrogens is 364 g/mol. The Hall–Kier alpha value is -2.80. The lowest BCUT2D eigenvalue weighted by Crippen LogP contribution is -2.30.